The van der Waals surface area contributed by atoms with Gasteiger partial charge < -0.3 is 5.73 Å². The molecule has 0 saturated heterocycles. The Morgan fingerprint density at radius 2 is 1.79 bits per heavy atom. The Hall–Kier alpha value is -2.11. The summed E-state index contributed by atoms with van der Waals surface area (Å²) in [6, 6.07) is 7.29. The van der Waals surface area contributed by atoms with Gasteiger partial charge in [-0.05, 0) is 18.4 Å². The third kappa shape index (κ3) is 1.93. The minimum absolute atomic E-state index is 0.139. The van der Waals surface area contributed by atoms with Crippen LogP contribution >= 0.6 is 0 Å². The second kappa shape index (κ2) is 3.94. The second-order valence-electron chi connectivity index (χ2n) is 4.41. The van der Waals surface area contributed by atoms with Crippen molar-refractivity contribution in [1.29, 1.82) is 0 Å². The summed E-state index contributed by atoms with van der Waals surface area (Å²) in [5.74, 6) is -0.345. The van der Waals surface area contributed by atoms with Gasteiger partial charge in [-0.1, -0.05) is 24.3 Å². The molecule has 3 nitrogen and oxygen atoms in total. The van der Waals surface area contributed by atoms with Crippen molar-refractivity contribution in [3.63, 3.8) is 0 Å². The topological polar surface area (TPSA) is 51.8 Å². The number of hydrogen-bond acceptors (Lipinski definition) is 3. The van der Waals surface area contributed by atoms with Gasteiger partial charge in [-0.15, -0.1) is 0 Å². The number of rotatable bonds is 0. The fourth-order valence-corrected chi connectivity index (χ4v) is 2.42. The van der Waals surface area contributed by atoms with E-state index in [0.717, 1.165) is 5.56 Å². The van der Waals surface area contributed by atoms with Crippen LogP contribution in [0.1, 0.15) is 16.8 Å². The normalized spacial score (nSPS) is 13.8. The fourth-order valence-electron chi connectivity index (χ4n) is 2.42. The van der Waals surface area contributed by atoms with E-state index in [4.69, 9.17) is 5.73 Å². The molecule has 0 spiro atoms. The van der Waals surface area contributed by atoms with Crippen LogP contribution < -0.4 is 5.73 Å². The first-order chi connectivity index (χ1) is 8.97. The van der Waals surface area contributed by atoms with Gasteiger partial charge >= 0.3 is 6.18 Å². The van der Waals surface area contributed by atoms with E-state index in [-0.39, 0.29) is 17.9 Å². The van der Waals surface area contributed by atoms with Gasteiger partial charge in [-0.2, -0.15) is 13.2 Å². The molecular formula is C13H10F3N3. The highest BCUT2D eigenvalue weighted by Gasteiger charge is 2.38. The van der Waals surface area contributed by atoms with Crippen molar-refractivity contribution in [2.45, 2.75) is 19.0 Å². The lowest BCUT2D eigenvalue weighted by molar-refractivity contribution is -0.141. The molecule has 0 atom stereocenters. The molecule has 0 fully saturated rings. The second-order valence-corrected chi connectivity index (χ2v) is 4.41. The summed E-state index contributed by atoms with van der Waals surface area (Å²) in [7, 11) is 0. The molecule has 1 aliphatic rings. The Morgan fingerprint density at radius 1 is 1.05 bits per heavy atom. The summed E-state index contributed by atoms with van der Waals surface area (Å²) in [5, 5.41) is 0. The molecule has 1 heterocycles. The lowest BCUT2D eigenvalue weighted by atomic mass is 9.88. The Labute approximate surface area is 107 Å². The number of alkyl halides is 3. The van der Waals surface area contributed by atoms with Gasteiger partial charge in [-0.25, -0.2) is 9.97 Å². The molecular weight excluding hydrogens is 255 g/mol. The van der Waals surface area contributed by atoms with Gasteiger partial charge in [0.05, 0.1) is 5.69 Å². The van der Waals surface area contributed by atoms with Crippen LogP contribution in [0.25, 0.3) is 11.3 Å². The Morgan fingerprint density at radius 3 is 2.53 bits per heavy atom. The van der Waals surface area contributed by atoms with Crippen LogP contribution in [0.5, 0.6) is 0 Å². The zero-order valence-electron chi connectivity index (χ0n) is 9.83. The van der Waals surface area contributed by atoms with Crippen molar-refractivity contribution >= 4 is 5.95 Å². The first-order valence-electron chi connectivity index (χ1n) is 5.78. The highest BCUT2D eigenvalue weighted by molar-refractivity contribution is 5.71. The van der Waals surface area contributed by atoms with Crippen LogP contribution in [0.3, 0.4) is 0 Å². The average molecular weight is 265 g/mol. The molecule has 0 amide bonds. The smallest absolute Gasteiger partial charge is 0.368 e. The Kier molecular flexibility index (Phi) is 2.48. The molecule has 0 radical (unpaired) electrons. The van der Waals surface area contributed by atoms with Crippen molar-refractivity contribution < 1.29 is 13.2 Å². The van der Waals surface area contributed by atoms with E-state index in [2.05, 4.69) is 9.97 Å². The summed E-state index contributed by atoms with van der Waals surface area (Å²) in [6.07, 6.45) is -3.67. The molecule has 0 aliphatic heterocycles. The third-order valence-corrected chi connectivity index (χ3v) is 3.21. The van der Waals surface area contributed by atoms with Crippen LogP contribution in [0.4, 0.5) is 19.1 Å². The number of nitrogens with two attached hydrogens (primary N) is 1. The molecule has 98 valence electrons. The summed E-state index contributed by atoms with van der Waals surface area (Å²) in [4.78, 5) is 7.37. The SMILES string of the molecule is Nc1nc2c(c(C(F)(F)F)n1)CCc1ccccc1-2. The summed E-state index contributed by atoms with van der Waals surface area (Å²) in [6.45, 7) is 0. The van der Waals surface area contributed by atoms with Gasteiger partial charge in [-0.3, -0.25) is 0 Å². The van der Waals surface area contributed by atoms with E-state index in [1.54, 1.807) is 12.1 Å². The first kappa shape index (κ1) is 12.0. The predicted octanol–water partition coefficient (Wildman–Crippen LogP) is 2.84. The molecule has 0 unspecified atom stereocenters. The van der Waals surface area contributed by atoms with Gasteiger partial charge in [0, 0.05) is 11.1 Å². The van der Waals surface area contributed by atoms with Crippen molar-refractivity contribution in [3.8, 4) is 11.3 Å². The number of benzene rings is 1. The van der Waals surface area contributed by atoms with Gasteiger partial charge in [0.2, 0.25) is 5.95 Å². The van der Waals surface area contributed by atoms with E-state index in [1.165, 1.54) is 0 Å². The number of fused-ring (bicyclic) bond motifs is 3. The summed E-state index contributed by atoms with van der Waals surface area (Å²) in [5.41, 5.74) is 6.65. The highest BCUT2D eigenvalue weighted by atomic mass is 19.4. The fraction of sp³-hybridized carbons (Fsp3) is 0.231. The molecule has 0 bridgehead atoms. The standard InChI is InChI=1S/C13H10F3N3/c14-13(15,16)11-9-6-5-7-3-1-2-4-8(7)10(9)18-12(17)19-11/h1-4H,5-6H2,(H2,17,18,19). The first-order valence-corrected chi connectivity index (χ1v) is 5.78. The molecule has 19 heavy (non-hydrogen) atoms. The monoisotopic (exact) mass is 265 g/mol. The van der Waals surface area contributed by atoms with Crippen LogP contribution in [-0.4, -0.2) is 9.97 Å². The van der Waals surface area contributed by atoms with Crippen molar-refractivity contribution in [1.82, 2.24) is 9.97 Å². The molecule has 1 aromatic heterocycles. The van der Waals surface area contributed by atoms with Gasteiger partial charge in [0.25, 0.3) is 0 Å². The number of aryl methyl sites for hydroxylation is 1. The van der Waals surface area contributed by atoms with E-state index in [0.29, 0.717) is 17.7 Å². The highest BCUT2D eigenvalue weighted by Crippen LogP contribution is 2.39. The Bertz CT molecular complexity index is 650. The number of nitrogen functional groups attached to an aromatic ring is 1. The van der Waals surface area contributed by atoms with Crippen LogP contribution in [0.15, 0.2) is 24.3 Å². The van der Waals surface area contributed by atoms with Crippen LogP contribution in [-0.2, 0) is 19.0 Å². The number of hydrogen-bond donors (Lipinski definition) is 1. The van der Waals surface area contributed by atoms with Gasteiger partial charge in [0.15, 0.2) is 5.69 Å². The predicted molar refractivity (Wildman–Crippen MR) is 64.3 cm³/mol. The van der Waals surface area contributed by atoms with E-state index in [9.17, 15) is 13.2 Å². The van der Waals surface area contributed by atoms with Crippen LogP contribution in [0, 0.1) is 0 Å². The summed E-state index contributed by atoms with van der Waals surface area (Å²) < 4.78 is 39.0. The largest absolute Gasteiger partial charge is 0.433 e. The van der Waals surface area contributed by atoms with Crippen molar-refractivity contribution in [3.05, 3.63) is 41.1 Å². The molecule has 0 saturated carbocycles. The molecule has 1 aromatic carbocycles. The number of aromatic nitrogens is 2. The molecule has 2 aromatic rings. The quantitative estimate of drug-likeness (QED) is 0.796. The molecule has 3 rings (SSSR count). The lowest BCUT2D eigenvalue weighted by Gasteiger charge is -2.22. The summed E-state index contributed by atoms with van der Waals surface area (Å²) >= 11 is 0. The van der Waals surface area contributed by atoms with E-state index < -0.39 is 11.9 Å². The van der Waals surface area contributed by atoms with E-state index in [1.807, 2.05) is 12.1 Å². The molecule has 2 N–H and O–H groups in total. The zero-order chi connectivity index (χ0) is 13.6. The van der Waals surface area contributed by atoms with Crippen molar-refractivity contribution in [2.75, 3.05) is 5.73 Å². The number of nitrogens with zero attached hydrogens (tertiary/aromatic N) is 2. The maximum Gasteiger partial charge on any atom is 0.433 e. The maximum absolute atomic E-state index is 13.0. The van der Waals surface area contributed by atoms with Gasteiger partial charge in [0.1, 0.15) is 0 Å². The third-order valence-electron chi connectivity index (χ3n) is 3.21. The lowest BCUT2D eigenvalue weighted by Crippen LogP contribution is -2.19. The maximum atomic E-state index is 13.0. The number of anilines is 1. The van der Waals surface area contributed by atoms with E-state index >= 15 is 0 Å². The molecule has 1 aliphatic carbocycles. The number of halogens is 3. The minimum atomic E-state index is -4.51. The zero-order valence-corrected chi connectivity index (χ0v) is 9.83. The molecule has 6 heteroatoms. The average Bonchev–Trinajstić information content (AvgIpc) is 2.36. The van der Waals surface area contributed by atoms with Crippen molar-refractivity contribution in [2.24, 2.45) is 0 Å². The minimum Gasteiger partial charge on any atom is -0.368 e. The van der Waals surface area contributed by atoms with Crippen LogP contribution in [0.2, 0.25) is 0 Å². The Balaban J connectivity index is 2.30.